The zero-order valence-corrected chi connectivity index (χ0v) is 14.0. The molecule has 0 atom stereocenters. The molecule has 0 aliphatic carbocycles. The van der Waals surface area contributed by atoms with Crippen LogP contribution < -0.4 is 5.73 Å². The number of aromatic nitrogens is 2. The molecule has 1 aromatic carbocycles. The highest BCUT2D eigenvalue weighted by Crippen LogP contribution is 2.24. The quantitative estimate of drug-likeness (QED) is 0.660. The number of carbonyl (C=O) groups excluding carboxylic acids is 1. The van der Waals surface area contributed by atoms with Crippen LogP contribution in [0.25, 0.3) is 0 Å². The highest BCUT2D eigenvalue weighted by Gasteiger charge is 2.17. The second-order valence-electron chi connectivity index (χ2n) is 4.50. The summed E-state index contributed by atoms with van der Waals surface area (Å²) in [5.74, 6) is -0.468. The number of carbonyl (C=O) groups is 1. The molecule has 0 bridgehead atoms. The number of nitrogens with two attached hydrogens (primary N) is 1. The van der Waals surface area contributed by atoms with Crippen LogP contribution in [-0.4, -0.2) is 15.7 Å². The van der Waals surface area contributed by atoms with Crippen molar-refractivity contribution in [3.05, 3.63) is 44.6 Å². The van der Waals surface area contributed by atoms with E-state index in [9.17, 15) is 4.79 Å². The van der Waals surface area contributed by atoms with E-state index in [4.69, 9.17) is 22.1 Å². The van der Waals surface area contributed by atoms with Crippen molar-refractivity contribution in [3.63, 3.8) is 0 Å². The van der Waals surface area contributed by atoms with Crippen molar-refractivity contribution >= 4 is 39.2 Å². The van der Waals surface area contributed by atoms with Gasteiger partial charge >= 0.3 is 5.97 Å². The van der Waals surface area contributed by atoms with Crippen molar-refractivity contribution in [2.75, 3.05) is 5.73 Å². The number of ether oxygens (including phenoxy) is 1. The van der Waals surface area contributed by atoms with Crippen LogP contribution in [0.15, 0.2) is 22.7 Å². The lowest BCUT2D eigenvalue weighted by molar-refractivity contribution is 0.0462. The van der Waals surface area contributed by atoms with Gasteiger partial charge in [-0.15, -0.1) is 0 Å². The van der Waals surface area contributed by atoms with Crippen LogP contribution in [0, 0.1) is 0 Å². The van der Waals surface area contributed by atoms with Gasteiger partial charge < -0.3 is 10.5 Å². The molecule has 5 nitrogen and oxygen atoms in total. The minimum absolute atomic E-state index is 0.0579. The first-order valence-electron chi connectivity index (χ1n) is 6.36. The van der Waals surface area contributed by atoms with Crippen LogP contribution in [-0.2, 0) is 24.8 Å². The van der Waals surface area contributed by atoms with Gasteiger partial charge in [0.2, 0.25) is 0 Å². The fraction of sp³-hybridized carbons (Fsp3) is 0.286. The zero-order chi connectivity index (χ0) is 15.6. The fourth-order valence-electron chi connectivity index (χ4n) is 1.89. The molecule has 112 valence electrons. The first kappa shape index (κ1) is 15.9. The molecule has 1 aromatic heterocycles. The number of halogens is 2. The predicted octanol–water partition coefficient (Wildman–Crippen LogP) is 3.34. The largest absolute Gasteiger partial charge is 0.456 e. The van der Waals surface area contributed by atoms with E-state index in [2.05, 4.69) is 21.0 Å². The topological polar surface area (TPSA) is 70.1 Å². The van der Waals surface area contributed by atoms with Crippen molar-refractivity contribution in [2.45, 2.75) is 20.0 Å². The fourth-order valence-corrected chi connectivity index (χ4v) is 2.64. The van der Waals surface area contributed by atoms with Crippen molar-refractivity contribution < 1.29 is 9.53 Å². The highest BCUT2D eigenvalue weighted by atomic mass is 79.9. The van der Waals surface area contributed by atoms with Gasteiger partial charge in [-0.1, -0.05) is 18.5 Å². The van der Waals surface area contributed by atoms with E-state index in [1.54, 1.807) is 29.9 Å². The maximum atomic E-state index is 12.1. The molecule has 0 amide bonds. The third kappa shape index (κ3) is 3.39. The SMILES string of the molecule is CCc1nn(C)c(COC(=O)c2cc(N)ccc2Br)c1Cl. The molecule has 21 heavy (non-hydrogen) atoms. The molecule has 0 saturated carbocycles. The van der Waals surface area contributed by atoms with E-state index >= 15 is 0 Å². The number of anilines is 1. The maximum absolute atomic E-state index is 12.1. The first-order valence-corrected chi connectivity index (χ1v) is 7.53. The van der Waals surface area contributed by atoms with Crippen LogP contribution in [0.3, 0.4) is 0 Å². The van der Waals surface area contributed by atoms with Gasteiger partial charge in [0.1, 0.15) is 6.61 Å². The molecule has 0 aliphatic heterocycles. The summed E-state index contributed by atoms with van der Waals surface area (Å²) >= 11 is 9.51. The Morgan fingerprint density at radius 2 is 2.24 bits per heavy atom. The molecule has 1 heterocycles. The third-order valence-corrected chi connectivity index (χ3v) is 4.18. The Kier molecular flexibility index (Phi) is 4.90. The number of nitrogens with zero attached hydrogens (tertiary/aromatic N) is 2. The van der Waals surface area contributed by atoms with E-state index in [1.165, 1.54) is 0 Å². The summed E-state index contributed by atoms with van der Waals surface area (Å²) in [6.07, 6.45) is 0.724. The lowest BCUT2D eigenvalue weighted by atomic mass is 10.2. The van der Waals surface area contributed by atoms with Crippen LogP contribution >= 0.6 is 27.5 Å². The lowest BCUT2D eigenvalue weighted by Crippen LogP contribution is -2.09. The minimum Gasteiger partial charge on any atom is -0.456 e. The normalized spacial score (nSPS) is 10.7. The molecule has 0 unspecified atom stereocenters. The van der Waals surface area contributed by atoms with Crippen LogP contribution in [0.1, 0.15) is 28.7 Å². The molecule has 7 heteroatoms. The molecule has 0 radical (unpaired) electrons. The standard InChI is InChI=1S/C14H15BrClN3O2/c1-3-11-13(16)12(19(2)18-11)7-21-14(20)9-6-8(17)4-5-10(9)15/h4-6H,3,7,17H2,1-2H3. The van der Waals surface area contributed by atoms with E-state index < -0.39 is 5.97 Å². The Morgan fingerprint density at radius 3 is 2.86 bits per heavy atom. The minimum atomic E-state index is -0.468. The number of hydrogen-bond acceptors (Lipinski definition) is 4. The number of aryl methyl sites for hydroxylation is 2. The van der Waals surface area contributed by atoms with Crippen molar-refractivity contribution in [1.82, 2.24) is 9.78 Å². The van der Waals surface area contributed by atoms with Gasteiger partial charge in [-0.2, -0.15) is 5.10 Å². The molecule has 0 fully saturated rings. The van der Waals surface area contributed by atoms with Crippen LogP contribution in [0.2, 0.25) is 5.02 Å². The summed E-state index contributed by atoms with van der Waals surface area (Å²) in [5.41, 5.74) is 8.01. The van der Waals surface area contributed by atoms with E-state index in [0.717, 1.165) is 12.1 Å². The first-order chi connectivity index (χ1) is 9.93. The summed E-state index contributed by atoms with van der Waals surface area (Å²) in [7, 11) is 1.77. The molecule has 2 aromatic rings. The van der Waals surface area contributed by atoms with Gasteiger partial charge in [0.15, 0.2) is 0 Å². The van der Waals surface area contributed by atoms with Crippen molar-refractivity contribution in [1.29, 1.82) is 0 Å². The van der Waals surface area contributed by atoms with Gasteiger partial charge in [-0.3, -0.25) is 4.68 Å². The summed E-state index contributed by atoms with van der Waals surface area (Å²) in [5, 5.41) is 4.82. The maximum Gasteiger partial charge on any atom is 0.339 e. The van der Waals surface area contributed by atoms with Gasteiger partial charge in [0, 0.05) is 17.2 Å². The molecule has 0 saturated heterocycles. The summed E-state index contributed by atoms with van der Waals surface area (Å²) in [6, 6.07) is 4.97. The Labute approximate surface area is 136 Å². The van der Waals surface area contributed by atoms with Crippen molar-refractivity contribution in [2.24, 2.45) is 7.05 Å². The summed E-state index contributed by atoms with van der Waals surface area (Å²) in [6.45, 7) is 2.02. The molecular formula is C14H15BrClN3O2. The number of hydrogen-bond donors (Lipinski definition) is 1. The Bertz CT molecular complexity index is 685. The second-order valence-corrected chi connectivity index (χ2v) is 5.73. The van der Waals surface area contributed by atoms with E-state index in [-0.39, 0.29) is 6.61 Å². The van der Waals surface area contributed by atoms with Crippen LogP contribution in [0.4, 0.5) is 5.69 Å². The zero-order valence-electron chi connectivity index (χ0n) is 11.7. The van der Waals surface area contributed by atoms with Gasteiger partial charge in [-0.05, 0) is 40.5 Å². The molecule has 2 N–H and O–H groups in total. The number of nitrogen functional groups attached to an aromatic ring is 1. The number of esters is 1. The molecule has 0 aliphatic rings. The summed E-state index contributed by atoms with van der Waals surface area (Å²) < 4.78 is 7.56. The molecule has 2 rings (SSSR count). The van der Waals surface area contributed by atoms with Gasteiger partial charge in [0.05, 0.1) is 22.0 Å². The molecular weight excluding hydrogens is 358 g/mol. The second kappa shape index (κ2) is 6.49. The Hall–Kier alpha value is -1.53. The third-order valence-electron chi connectivity index (χ3n) is 3.05. The number of rotatable bonds is 4. The Morgan fingerprint density at radius 1 is 1.52 bits per heavy atom. The Balaban J connectivity index is 2.15. The lowest BCUT2D eigenvalue weighted by Gasteiger charge is -2.08. The average molecular weight is 373 g/mol. The molecule has 0 spiro atoms. The highest BCUT2D eigenvalue weighted by molar-refractivity contribution is 9.10. The van der Waals surface area contributed by atoms with E-state index in [0.29, 0.717) is 26.4 Å². The van der Waals surface area contributed by atoms with E-state index in [1.807, 2.05) is 6.92 Å². The smallest absolute Gasteiger partial charge is 0.339 e. The predicted molar refractivity (Wildman–Crippen MR) is 85.3 cm³/mol. The monoisotopic (exact) mass is 371 g/mol. The van der Waals surface area contributed by atoms with Gasteiger partial charge in [-0.25, -0.2) is 4.79 Å². The average Bonchev–Trinajstić information content (AvgIpc) is 2.73. The van der Waals surface area contributed by atoms with Gasteiger partial charge in [0.25, 0.3) is 0 Å². The van der Waals surface area contributed by atoms with Crippen LogP contribution in [0.5, 0.6) is 0 Å². The van der Waals surface area contributed by atoms with Crippen molar-refractivity contribution in [3.8, 4) is 0 Å². The number of benzene rings is 1. The summed E-state index contributed by atoms with van der Waals surface area (Å²) in [4.78, 5) is 12.1.